The highest BCUT2D eigenvalue weighted by atomic mass is 16.5. The van der Waals surface area contributed by atoms with Crippen LogP contribution in [0.2, 0.25) is 0 Å². The third kappa shape index (κ3) is 5.15. The molecule has 128 valence electrons. The van der Waals surface area contributed by atoms with Crippen molar-refractivity contribution in [3.05, 3.63) is 11.8 Å². The molecule has 1 amide bonds. The van der Waals surface area contributed by atoms with Crippen molar-refractivity contribution in [3.63, 3.8) is 0 Å². The Morgan fingerprint density at radius 2 is 2.17 bits per heavy atom. The van der Waals surface area contributed by atoms with Gasteiger partial charge in [0, 0.05) is 44.8 Å². The van der Waals surface area contributed by atoms with Crippen LogP contribution in [0.5, 0.6) is 5.88 Å². The number of carbonyl (C=O) groups is 2. The number of likely N-dealkylation sites (tertiary alicyclic amines) is 1. The highest BCUT2D eigenvalue weighted by Crippen LogP contribution is 2.21. The number of ether oxygens (including phenoxy) is 2. The molecular weight excluding hydrogens is 304 g/mol. The molecule has 0 spiro atoms. The summed E-state index contributed by atoms with van der Waals surface area (Å²) in [6.07, 6.45) is 1.20. The highest BCUT2D eigenvalue weighted by molar-refractivity contribution is 5.69. The number of carbonyl (C=O) groups excluding carboxylic acids is 1. The summed E-state index contributed by atoms with van der Waals surface area (Å²) in [5.74, 6) is 0.888. The van der Waals surface area contributed by atoms with Gasteiger partial charge in [0.2, 0.25) is 0 Å². The number of nitrogens with zero attached hydrogens (tertiary/aromatic N) is 2. The number of methoxy groups -OCH3 is 1. The Morgan fingerprint density at radius 3 is 2.78 bits per heavy atom. The number of rotatable bonds is 6. The van der Waals surface area contributed by atoms with Gasteiger partial charge in [-0.3, -0.25) is 4.79 Å². The minimum atomic E-state index is -0.897. The molecule has 0 unspecified atom stereocenters. The minimum Gasteiger partial charge on any atom is -0.472 e. The Morgan fingerprint density at radius 1 is 1.48 bits per heavy atom. The summed E-state index contributed by atoms with van der Waals surface area (Å²) in [4.78, 5) is 23.4. The van der Waals surface area contributed by atoms with Crippen LogP contribution in [0.4, 0.5) is 4.79 Å². The second kappa shape index (κ2) is 7.85. The maximum atomic E-state index is 11.2. The molecule has 8 heteroatoms. The van der Waals surface area contributed by atoms with Gasteiger partial charge in [-0.05, 0) is 11.1 Å². The maximum absolute atomic E-state index is 11.2. The zero-order valence-electron chi connectivity index (χ0n) is 13.4. The molecule has 1 aromatic rings. The van der Waals surface area contributed by atoms with Gasteiger partial charge in [-0.25, -0.2) is 4.79 Å². The van der Waals surface area contributed by atoms with Gasteiger partial charge >= 0.3 is 12.1 Å². The van der Waals surface area contributed by atoms with E-state index in [1.807, 2.05) is 6.92 Å². The van der Waals surface area contributed by atoms with E-state index in [1.165, 1.54) is 12.0 Å². The predicted octanol–water partition coefficient (Wildman–Crippen LogP) is 1.94. The summed E-state index contributed by atoms with van der Waals surface area (Å²) in [6, 6.07) is 1.72. The standard InChI is InChI=1S/C15H22N2O6/c1-10(8-14(18)21-2)7-12-9-13(16-23-12)22-11-3-5-17(6-4-11)15(19)20/h9-11H,3-8H2,1-2H3,(H,19,20)/t10-/m1/s1. The average molecular weight is 326 g/mol. The normalized spacial score (nSPS) is 16.9. The number of aromatic nitrogens is 1. The Hall–Kier alpha value is -2.25. The van der Waals surface area contributed by atoms with E-state index in [9.17, 15) is 9.59 Å². The van der Waals surface area contributed by atoms with E-state index in [4.69, 9.17) is 14.4 Å². The van der Waals surface area contributed by atoms with Crippen LogP contribution in [0.15, 0.2) is 10.6 Å². The number of hydrogen-bond acceptors (Lipinski definition) is 6. The lowest BCUT2D eigenvalue weighted by atomic mass is 10.0. The quantitative estimate of drug-likeness (QED) is 0.797. The van der Waals surface area contributed by atoms with Gasteiger partial charge in [0.25, 0.3) is 5.88 Å². The molecular formula is C15H22N2O6. The number of esters is 1. The molecule has 0 bridgehead atoms. The number of piperidine rings is 1. The smallest absolute Gasteiger partial charge is 0.407 e. The summed E-state index contributed by atoms with van der Waals surface area (Å²) in [6.45, 7) is 2.85. The van der Waals surface area contributed by atoms with Crippen molar-refractivity contribution in [1.29, 1.82) is 0 Å². The molecule has 0 saturated carbocycles. The first-order chi connectivity index (χ1) is 11.0. The Bertz CT molecular complexity index is 536. The lowest BCUT2D eigenvalue weighted by molar-refractivity contribution is -0.141. The van der Waals surface area contributed by atoms with Gasteiger partial charge in [-0.2, -0.15) is 0 Å². The van der Waals surface area contributed by atoms with Crippen molar-refractivity contribution >= 4 is 12.1 Å². The first kappa shape index (κ1) is 17.1. The van der Waals surface area contributed by atoms with Crippen molar-refractivity contribution in [3.8, 4) is 5.88 Å². The summed E-state index contributed by atoms with van der Waals surface area (Å²) < 4.78 is 15.6. The van der Waals surface area contributed by atoms with E-state index < -0.39 is 6.09 Å². The van der Waals surface area contributed by atoms with Crippen molar-refractivity contribution < 1.29 is 28.7 Å². The fraction of sp³-hybridized carbons (Fsp3) is 0.667. The molecule has 1 fully saturated rings. The van der Waals surface area contributed by atoms with Crippen LogP contribution in [0.1, 0.15) is 31.9 Å². The SMILES string of the molecule is COC(=O)C[C@H](C)Cc1cc(OC2CCN(C(=O)O)CC2)no1. The lowest BCUT2D eigenvalue weighted by Crippen LogP contribution is -2.41. The summed E-state index contributed by atoms with van der Waals surface area (Å²) >= 11 is 0. The van der Waals surface area contributed by atoms with E-state index in [1.54, 1.807) is 6.07 Å². The van der Waals surface area contributed by atoms with E-state index in [-0.39, 0.29) is 18.0 Å². The molecule has 1 N–H and O–H groups in total. The molecule has 2 heterocycles. The lowest BCUT2D eigenvalue weighted by Gasteiger charge is -2.29. The van der Waals surface area contributed by atoms with Crippen LogP contribution in [0.25, 0.3) is 0 Å². The zero-order valence-corrected chi connectivity index (χ0v) is 13.4. The first-order valence-electron chi connectivity index (χ1n) is 7.65. The largest absolute Gasteiger partial charge is 0.472 e. The molecule has 1 atom stereocenters. The molecule has 1 aromatic heterocycles. The van der Waals surface area contributed by atoms with Crippen molar-refractivity contribution in [2.45, 2.75) is 38.7 Å². The van der Waals surface area contributed by atoms with Crippen molar-refractivity contribution in [1.82, 2.24) is 10.1 Å². The van der Waals surface area contributed by atoms with Gasteiger partial charge in [-0.15, -0.1) is 0 Å². The second-order valence-electron chi connectivity index (χ2n) is 5.81. The summed E-state index contributed by atoms with van der Waals surface area (Å²) in [5.41, 5.74) is 0. The molecule has 8 nitrogen and oxygen atoms in total. The number of hydrogen-bond donors (Lipinski definition) is 1. The molecule has 0 aliphatic carbocycles. The first-order valence-corrected chi connectivity index (χ1v) is 7.65. The minimum absolute atomic E-state index is 0.0592. The molecule has 0 radical (unpaired) electrons. The van der Waals surface area contributed by atoms with Gasteiger partial charge in [0.05, 0.1) is 7.11 Å². The van der Waals surface area contributed by atoms with Crippen LogP contribution < -0.4 is 4.74 Å². The van der Waals surface area contributed by atoms with E-state index in [0.29, 0.717) is 50.4 Å². The van der Waals surface area contributed by atoms with Crippen molar-refractivity contribution in [2.75, 3.05) is 20.2 Å². The second-order valence-corrected chi connectivity index (χ2v) is 5.81. The fourth-order valence-electron chi connectivity index (χ4n) is 2.56. The Kier molecular flexibility index (Phi) is 5.84. The zero-order chi connectivity index (χ0) is 16.8. The average Bonchev–Trinajstić information content (AvgIpc) is 2.94. The molecule has 0 aromatic carbocycles. The molecule has 2 rings (SSSR count). The fourth-order valence-corrected chi connectivity index (χ4v) is 2.56. The van der Waals surface area contributed by atoms with Crippen LogP contribution >= 0.6 is 0 Å². The predicted molar refractivity (Wildman–Crippen MR) is 79.3 cm³/mol. The van der Waals surface area contributed by atoms with Gasteiger partial charge in [0.1, 0.15) is 11.9 Å². The summed E-state index contributed by atoms with van der Waals surface area (Å²) in [7, 11) is 1.37. The highest BCUT2D eigenvalue weighted by Gasteiger charge is 2.24. The van der Waals surface area contributed by atoms with Crippen molar-refractivity contribution in [2.24, 2.45) is 5.92 Å². The number of amides is 1. The molecule has 1 saturated heterocycles. The Balaban J connectivity index is 1.79. The number of carboxylic acid groups (broad SMARTS) is 1. The van der Waals surface area contributed by atoms with Gasteiger partial charge < -0.3 is 24.0 Å². The molecule has 23 heavy (non-hydrogen) atoms. The third-order valence-electron chi connectivity index (χ3n) is 3.83. The van der Waals surface area contributed by atoms with Crippen LogP contribution in [-0.2, 0) is 16.0 Å². The molecule has 1 aliphatic rings. The van der Waals surface area contributed by atoms with Crippen LogP contribution in [0.3, 0.4) is 0 Å². The van der Waals surface area contributed by atoms with E-state index in [2.05, 4.69) is 9.89 Å². The van der Waals surface area contributed by atoms with Gasteiger partial charge in [-0.1, -0.05) is 6.92 Å². The van der Waals surface area contributed by atoms with E-state index >= 15 is 0 Å². The third-order valence-corrected chi connectivity index (χ3v) is 3.83. The molecule has 1 aliphatic heterocycles. The Labute approximate surface area is 134 Å². The van der Waals surface area contributed by atoms with E-state index in [0.717, 1.165) is 0 Å². The van der Waals surface area contributed by atoms with Gasteiger partial charge in [0.15, 0.2) is 0 Å². The maximum Gasteiger partial charge on any atom is 0.407 e. The van der Waals surface area contributed by atoms with Crippen LogP contribution in [-0.4, -0.2) is 53.5 Å². The van der Waals surface area contributed by atoms with Crippen LogP contribution in [0, 0.1) is 5.92 Å². The monoisotopic (exact) mass is 326 g/mol. The topological polar surface area (TPSA) is 102 Å². The summed E-state index contributed by atoms with van der Waals surface area (Å²) in [5, 5.41) is 12.8.